The molecule has 0 aliphatic carbocycles. The highest BCUT2D eigenvalue weighted by Crippen LogP contribution is 2.33. The molecule has 3 nitrogen and oxygen atoms in total. The van der Waals surface area contributed by atoms with Gasteiger partial charge in [-0.05, 0) is 72.5 Å². The third-order valence-corrected chi connectivity index (χ3v) is 5.26. The highest BCUT2D eigenvalue weighted by molar-refractivity contribution is 9.10. The number of piperazine rings is 1. The summed E-state index contributed by atoms with van der Waals surface area (Å²) < 4.78 is 1.26. The summed E-state index contributed by atoms with van der Waals surface area (Å²) in [7, 11) is 2.20. The number of anilines is 1. The number of hydrogen-bond donors (Lipinski definition) is 1. The van der Waals surface area contributed by atoms with Crippen molar-refractivity contribution in [3.63, 3.8) is 0 Å². The molecule has 1 aromatic rings. The Kier molecular flexibility index (Phi) is 4.64. The predicted octanol–water partition coefficient (Wildman–Crippen LogP) is 2.67. The molecule has 0 bridgehead atoms. The second-order valence-corrected chi connectivity index (χ2v) is 6.88. The van der Waals surface area contributed by atoms with Gasteiger partial charge in [0, 0.05) is 30.7 Å². The summed E-state index contributed by atoms with van der Waals surface area (Å²) in [6.45, 7) is 6.87. The molecule has 1 aromatic carbocycles. The summed E-state index contributed by atoms with van der Waals surface area (Å²) in [5, 5.41) is 3.44. The van der Waals surface area contributed by atoms with Crippen molar-refractivity contribution < 1.29 is 0 Å². The first-order valence-electron chi connectivity index (χ1n) is 7.68. The molecule has 2 fully saturated rings. The second-order valence-electron chi connectivity index (χ2n) is 6.03. The van der Waals surface area contributed by atoms with Crippen LogP contribution in [-0.4, -0.2) is 51.2 Å². The van der Waals surface area contributed by atoms with E-state index in [1.54, 1.807) is 0 Å². The highest BCUT2D eigenvalue weighted by Gasteiger charge is 2.19. The van der Waals surface area contributed by atoms with Crippen molar-refractivity contribution in [2.45, 2.75) is 18.8 Å². The molecule has 2 heterocycles. The number of nitrogens with one attached hydrogen (secondary N) is 1. The van der Waals surface area contributed by atoms with Crippen LogP contribution >= 0.6 is 15.9 Å². The van der Waals surface area contributed by atoms with Crippen molar-refractivity contribution in [1.82, 2.24) is 10.2 Å². The van der Waals surface area contributed by atoms with E-state index in [1.165, 1.54) is 28.6 Å². The minimum Gasteiger partial charge on any atom is -0.368 e. The van der Waals surface area contributed by atoms with Gasteiger partial charge in [-0.15, -0.1) is 0 Å². The van der Waals surface area contributed by atoms with Gasteiger partial charge in [0.1, 0.15) is 0 Å². The van der Waals surface area contributed by atoms with Crippen molar-refractivity contribution in [2.24, 2.45) is 0 Å². The lowest BCUT2D eigenvalue weighted by molar-refractivity contribution is 0.312. The maximum atomic E-state index is 3.79. The Bertz CT molecular complexity index is 449. The molecule has 3 rings (SSSR count). The summed E-state index contributed by atoms with van der Waals surface area (Å²) in [4.78, 5) is 4.89. The zero-order valence-electron chi connectivity index (χ0n) is 12.2. The van der Waals surface area contributed by atoms with Crippen molar-refractivity contribution in [1.29, 1.82) is 0 Å². The van der Waals surface area contributed by atoms with Crippen LogP contribution in [0.2, 0.25) is 0 Å². The van der Waals surface area contributed by atoms with E-state index in [2.05, 4.69) is 56.3 Å². The quantitative estimate of drug-likeness (QED) is 0.895. The maximum Gasteiger partial charge on any atom is 0.0511 e. The Labute approximate surface area is 130 Å². The molecular weight excluding hydrogens is 314 g/mol. The standard InChI is InChI=1S/C16H24BrN3/c1-19-8-10-20(11-9-19)16-3-2-14(12-15(16)17)13-4-6-18-7-5-13/h2-3,12-13,18H,4-11H2,1H3. The van der Waals surface area contributed by atoms with Crippen molar-refractivity contribution >= 4 is 21.6 Å². The topological polar surface area (TPSA) is 18.5 Å². The molecule has 2 saturated heterocycles. The minimum atomic E-state index is 0.731. The van der Waals surface area contributed by atoms with Gasteiger partial charge in [-0.1, -0.05) is 6.07 Å². The summed E-state index contributed by atoms with van der Waals surface area (Å²) in [6, 6.07) is 7.00. The predicted molar refractivity (Wildman–Crippen MR) is 88.7 cm³/mol. The molecule has 0 radical (unpaired) electrons. The Morgan fingerprint density at radius 2 is 1.80 bits per heavy atom. The molecule has 1 N–H and O–H groups in total. The van der Waals surface area contributed by atoms with Gasteiger partial charge in [-0.2, -0.15) is 0 Å². The molecule has 2 aliphatic heterocycles. The van der Waals surface area contributed by atoms with Gasteiger partial charge >= 0.3 is 0 Å². The summed E-state index contributed by atoms with van der Waals surface area (Å²) >= 11 is 3.79. The SMILES string of the molecule is CN1CCN(c2ccc(C3CCNCC3)cc2Br)CC1. The van der Waals surface area contributed by atoms with Gasteiger partial charge in [0.05, 0.1) is 5.69 Å². The van der Waals surface area contributed by atoms with E-state index in [9.17, 15) is 0 Å². The molecule has 0 atom stereocenters. The zero-order valence-corrected chi connectivity index (χ0v) is 13.8. The van der Waals surface area contributed by atoms with Crippen molar-refractivity contribution in [3.8, 4) is 0 Å². The van der Waals surface area contributed by atoms with E-state index in [4.69, 9.17) is 0 Å². The molecular formula is C16H24BrN3. The molecule has 2 aliphatic rings. The molecule has 110 valence electrons. The number of hydrogen-bond acceptors (Lipinski definition) is 3. The largest absolute Gasteiger partial charge is 0.368 e. The fraction of sp³-hybridized carbons (Fsp3) is 0.625. The maximum absolute atomic E-state index is 3.79. The van der Waals surface area contributed by atoms with E-state index in [1.807, 2.05) is 0 Å². The van der Waals surface area contributed by atoms with Crippen LogP contribution in [0.25, 0.3) is 0 Å². The Hall–Kier alpha value is -0.580. The number of rotatable bonds is 2. The third-order valence-electron chi connectivity index (χ3n) is 4.63. The van der Waals surface area contributed by atoms with E-state index in [-0.39, 0.29) is 0 Å². The molecule has 0 unspecified atom stereocenters. The van der Waals surface area contributed by atoms with Crippen LogP contribution in [0.5, 0.6) is 0 Å². The van der Waals surface area contributed by atoms with Gasteiger partial charge in [-0.3, -0.25) is 0 Å². The van der Waals surface area contributed by atoms with E-state index >= 15 is 0 Å². The Balaban J connectivity index is 1.73. The molecule has 20 heavy (non-hydrogen) atoms. The second kappa shape index (κ2) is 6.46. The lowest BCUT2D eigenvalue weighted by Crippen LogP contribution is -2.44. The molecule has 0 amide bonds. The third kappa shape index (κ3) is 3.18. The van der Waals surface area contributed by atoms with E-state index < -0.39 is 0 Å². The fourth-order valence-electron chi connectivity index (χ4n) is 3.24. The van der Waals surface area contributed by atoms with Gasteiger partial charge < -0.3 is 15.1 Å². The zero-order chi connectivity index (χ0) is 13.9. The van der Waals surface area contributed by atoms with Gasteiger partial charge in [-0.25, -0.2) is 0 Å². The van der Waals surface area contributed by atoms with Crippen LogP contribution < -0.4 is 10.2 Å². The molecule has 0 aromatic heterocycles. The van der Waals surface area contributed by atoms with E-state index in [0.717, 1.165) is 45.2 Å². The number of likely N-dealkylation sites (N-methyl/N-ethyl adjacent to an activating group) is 1. The molecule has 4 heteroatoms. The first-order valence-corrected chi connectivity index (χ1v) is 8.47. The van der Waals surface area contributed by atoms with Gasteiger partial charge in [0.25, 0.3) is 0 Å². The summed E-state index contributed by atoms with van der Waals surface area (Å²) in [5.41, 5.74) is 2.85. The first kappa shape index (κ1) is 14.4. The van der Waals surface area contributed by atoms with Crippen LogP contribution in [-0.2, 0) is 0 Å². The fourth-order valence-corrected chi connectivity index (χ4v) is 3.88. The highest BCUT2D eigenvalue weighted by atomic mass is 79.9. The van der Waals surface area contributed by atoms with Crippen LogP contribution in [0.4, 0.5) is 5.69 Å². The van der Waals surface area contributed by atoms with Crippen LogP contribution in [0.1, 0.15) is 24.3 Å². The molecule has 0 spiro atoms. The van der Waals surface area contributed by atoms with Crippen molar-refractivity contribution in [3.05, 3.63) is 28.2 Å². The normalized spacial score (nSPS) is 22.2. The number of piperidine rings is 1. The van der Waals surface area contributed by atoms with Crippen molar-refractivity contribution in [2.75, 3.05) is 51.2 Å². The number of benzene rings is 1. The van der Waals surface area contributed by atoms with Crippen LogP contribution in [0, 0.1) is 0 Å². The Morgan fingerprint density at radius 1 is 1.10 bits per heavy atom. The van der Waals surface area contributed by atoms with Gasteiger partial charge in [0.15, 0.2) is 0 Å². The summed E-state index contributed by atoms with van der Waals surface area (Å²) in [6.07, 6.45) is 2.53. The average Bonchev–Trinajstić information content (AvgIpc) is 2.49. The number of halogens is 1. The average molecular weight is 338 g/mol. The van der Waals surface area contributed by atoms with Gasteiger partial charge in [0.2, 0.25) is 0 Å². The first-order chi connectivity index (χ1) is 9.74. The summed E-state index contributed by atoms with van der Waals surface area (Å²) in [5.74, 6) is 0.731. The lowest BCUT2D eigenvalue weighted by atomic mass is 9.90. The van der Waals surface area contributed by atoms with Crippen LogP contribution in [0.3, 0.4) is 0 Å². The minimum absolute atomic E-state index is 0.731. The van der Waals surface area contributed by atoms with E-state index in [0.29, 0.717) is 0 Å². The lowest BCUT2D eigenvalue weighted by Gasteiger charge is -2.35. The Morgan fingerprint density at radius 3 is 2.45 bits per heavy atom. The molecule has 0 saturated carbocycles. The van der Waals surface area contributed by atoms with Crippen LogP contribution in [0.15, 0.2) is 22.7 Å². The monoisotopic (exact) mass is 337 g/mol. The number of nitrogens with zero attached hydrogens (tertiary/aromatic N) is 2. The smallest absolute Gasteiger partial charge is 0.0511 e.